The first-order chi connectivity index (χ1) is 9.59. The van der Waals surface area contributed by atoms with Gasteiger partial charge in [-0.05, 0) is 30.2 Å². The Morgan fingerprint density at radius 3 is 2.75 bits per heavy atom. The van der Waals surface area contributed by atoms with Crippen molar-refractivity contribution in [1.82, 2.24) is 4.57 Å². The SMILES string of the molecule is O=C(O)c1c(O)c(=O)n(CC2CCCC2)c2ccsc12. The largest absolute Gasteiger partial charge is 0.502 e. The number of carboxylic acid groups (broad SMARTS) is 1. The average Bonchev–Trinajstić information content (AvgIpc) is 3.05. The Labute approximate surface area is 119 Å². The fourth-order valence-corrected chi connectivity index (χ4v) is 3.92. The van der Waals surface area contributed by atoms with Gasteiger partial charge >= 0.3 is 5.97 Å². The third kappa shape index (κ3) is 2.00. The highest BCUT2D eigenvalue weighted by Crippen LogP contribution is 2.31. The molecule has 1 fully saturated rings. The molecule has 3 rings (SSSR count). The van der Waals surface area contributed by atoms with E-state index in [1.807, 2.05) is 0 Å². The summed E-state index contributed by atoms with van der Waals surface area (Å²) in [5, 5.41) is 20.9. The van der Waals surface area contributed by atoms with Crippen molar-refractivity contribution < 1.29 is 15.0 Å². The van der Waals surface area contributed by atoms with Crippen LogP contribution in [0.3, 0.4) is 0 Å². The summed E-state index contributed by atoms with van der Waals surface area (Å²) >= 11 is 1.24. The smallest absolute Gasteiger partial charge is 0.341 e. The lowest BCUT2D eigenvalue weighted by molar-refractivity contribution is 0.0695. The summed E-state index contributed by atoms with van der Waals surface area (Å²) in [5.41, 5.74) is -0.259. The van der Waals surface area contributed by atoms with Crippen LogP contribution in [-0.4, -0.2) is 20.7 Å². The number of aromatic hydroxyl groups is 1. The van der Waals surface area contributed by atoms with E-state index in [-0.39, 0.29) is 5.56 Å². The Morgan fingerprint density at radius 2 is 2.10 bits per heavy atom. The van der Waals surface area contributed by atoms with Gasteiger partial charge in [0.05, 0.1) is 10.2 Å². The first-order valence-electron chi connectivity index (χ1n) is 6.66. The molecule has 1 saturated carbocycles. The van der Waals surface area contributed by atoms with E-state index in [4.69, 9.17) is 0 Å². The van der Waals surface area contributed by atoms with E-state index in [0.717, 1.165) is 12.8 Å². The average molecular weight is 293 g/mol. The molecular formula is C14H15NO4S. The molecule has 1 aliphatic carbocycles. The molecule has 2 aromatic heterocycles. The highest BCUT2D eigenvalue weighted by Gasteiger charge is 2.24. The molecule has 0 aliphatic heterocycles. The van der Waals surface area contributed by atoms with Gasteiger partial charge in [0.2, 0.25) is 0 Å². The molecule has 20 heavy (non-hydrogen) atoms. The van der Waals surface area contributed by atoms with Crippen molar-refractivity contribution in [3.8, 4) is 5.75 Å². The number of carboxylic acids is 1. The second-order valence-electron chi connectivity index (χ2n) is 5.23. The molecule has 2 N–H and O–H groups in total. The van der Waals surface area contributed by atoms with Gasteiger partial charge in [0.25, 0.3) is 5.56 Å². The quantitative estimate of drug-likeness (QED) is 0.911. The summed E-state index contributed by atoms with van der Waals surface area (Å²) in [4.78, 5) is 23.5. The zero-order chi connectivity index (χ0) is 14.3. The van der Waals surface area contributed by atoms with Crippen molar-refractivity contribution in [3.63, 3.8) is 0 Å². The van der Waals surface area contributed by atoms with Crippen molar-refractivity contribution in [2.45, 2.75) is 32.2 Å². The summed E-state index contributed by atoms with van der Waals surface area (Å²) in [6.45, 7) is 0.555. The fraction of sp³-hybridized carbons (Fsp3) is 0.429. The zero-order valence-electron chi connectivity index (χ0n) is 10.8. The molecule has 106 valence electrons. The summed E-state index contributed by atoms with van der Waals surface area (Å²) in [7, 11) is 0. The molecule has 1 aliphatic rings. The second kappa shape index (κ2) is 4.94. The Morgan fingerprint density at radius 1 is 1.40 bits per heavy atom. The number of carbonyl (C=O) groups is 1. The summed E-state index contributed by atoms with van der Waals surface area (Å²) in [6.07, 6.45) is 4.51. The van der Waals surface area contributed by atoms with Crippen LogP contribution in [0, 0.1) is 5.92 Å². The van der Waals surface area contributed by atoms with Crippen LogP contribution in [0.4, 0.5) is 0 Å². The Kier molecular flexibility index (Phi) is 3.25. The molecule has 0 bridgehead atoms. The maximum atomic E-state index is 12.2. The van der Waals surface area contributed by atoms with E-state index in [2.05, 4.69) is 0 Å². The van der Waals surface area contributed by atoms with E-state index < -0.39 is 17.3 Å². The van der Waals surface area contributed by atoms with Gasteiger partial charge in [-0.3, -0.25) is 4.79 Å². The van der Waals surface area contributed by atoms with Crippen molar-refractivity contribution in [2.24, 2.45) is 5.92 Å². The number of thiophene rings is 1. The summed E-state index contributed by atoms with van der Waals surface area (Å²) in [6, 6.07) is 1.75. The van der Waals surface area contributed by atoms with Gasteiger partial charge in [-0.15, -0.1) is 11.3 Å². The monoisotopic (exact) mass is 293 g/mol. The van der Waals surface area contributed by atoms with Crippen LogP contribution in [0.15, 0.2) is 16.2 Å². The van der Waals surface area contributed by atoms with E-state index in [1.54, 1.807) is 11.4 Å². The lowest BCUT2D eigenvalue weighted by atomic mass is 10.1. The standard InChI is InChI=1S/C14H15NO4S/c16-11-10(14(18)19)12-9(5-6-20-12)15(13(11)17)7-8-3-1-2-4-8/h5-6,8,16H,1-4,7H2,(H,18,19). The van der Waals surface area contributed by atoms with Crippen LogP contribution in [0.25, 0.3) is 10.2 Å². The number of aromatic nitrogens is 1. The molecule has 0 radical (unpaired) electrons. The van der Waals surface area contributed by atoms with Crippen molar-refractivity contribution in [3.05, 3.63) is 27.4 Å². The van der Waals surface area contributed by atoms with Crippen LogP contribution >= 0.6 is 11.3 Å². The molecule has 0 aromatic carbocycles. The molecule has 0 atom stereocenters. The number of nitrogens with zero attached hydrogens (tertiary/aromatic N) is 1. The van der Waals surface area contributed by atoms with Crippen molar-refractivity contribution in [1.29, 1.82) is 0 Å². The highest BCUT2D eigenvalue weighted by molar-refractivity contribution is 7.17. The molecule has 5 nitrogen and oxygen atoms in total. The van der Waals surface area contributed by atoms with Crippen LogP contribution < -0.4 is 5.56 Å². The van der Waals surface area contributed by atoms with Crippen molar-refractivity contribution >= 4 is 27.5 Å². The first-order valence-corrected chi connectivity index (χ1v) is 7.54. The van der Waals surface area contributed by atoms with Gasteiger partial charge in [0.1, 0.15) is 5.56 Å². The van der Waals surface area contributed by atoms with E-state index in [0.29, 0.717) is 22.7 Å². The minimum absolute atomic E-state index is 0.275. The third-order valence-electron chi connectivity index (χ3n) is 3.98. The normalized spacial score (nSPS) is 16.0. The lowest BCUT2D eigenvalue weighted by Crippen LogP contribution is -2.25. The number of pyridine rings is 1. The number of hydrogen-bond donors (Lipinski definition) is 2. The molecular weight excluding hydrogens is 278 g/mol. The Bertz CT molecular complexity index is 725. The van der Waals surface area contributed by atoms with Gasteiger partial charge in [-0.1, -0.05) is 12.8 Å². The molecule has 2 heterocycles. The fourth-order valence-electron chi connectivity index (χ4n) is 2.98. The van der Waals surface area contributed by atoms with Gasteiger partial charge < -0.3 is 14.8 Å². The zero-order valence-corrected chi connectivity index (χ0v) is 11.7. The lowest BCUT2D eigenvalue weighted by Gasteiger charge is -2.14. The van der Waals surface area contributed by atoms with E-state index in [9.17, 15) is 19.8 Å². The van der Waals surface area contributed by atoms with Crippen molar-refractivity contribution in [2.75, 3.05) is 0 Å². The third-order valence-corrected chi connectivity index (χ3v) is 4.90. The van der Waals surface area contributed by atoms with Crippen LogP contribution in [0.5, 0.6) is 5.75 Å². The summed E-state index contributed by atoms with van der Waals surface area (Å²) in [5.74, 6) is -1.48. The predicted molar refractivity (Wildman–Crippen MR) is 76.7 cm³/mol. The number of hydrogen-bond acceptors (Lipinski definition) is 4. The molecule has 0 saturated heterocycles. The molecule has 2 aromatic rings. The van der Waals surface area contributed by atoms with Crippen LogP contribution in [0.1, 0.15) is 36.0 Å². The van der Waals surface area contributed by atoms with E-state index in [1.165, 1.54) is 28.7 Å². The van der Waals surface area contributed by atoms with Gasteiger partial charge in [-0.2, -0.15) is 0 Å². The number of rotatable bonds is 3. The topological polar surface area (TPSA) is 79.5 Å². The predicted octanol–water partition coefficient (Wildman–Crippen LogP) is 2.66. The van der Waals surface area contributed by atoms with Gasteiger partial charge in [0.15, 0.2) is 5.75 Å². The van der Waals surface area contributed by atoms with Gasteiger partial charge in [0, 0.05) is 6.54 Å². The Balaban J connectivity index is 2.19. The number of fused-ring (bicyclic) bond motifs is 1. The minimum atomic E-state index is -1.26. The highest BCUT2D eigenvalue weighted by atomic mass is 32.1. The van der Waals surface area contributed by atoms with E-state index >= 15 is 0 Å². The molecule has 0 unspecified atom stereocenters. The summed E-state index contributed by atoms with van der Waals surface area (Å²) < 4.78 is 2.00. The van der Waals surface area contributed by atoms with Crippen LogP contribution in [-0.2, 0) is 6.54 Å². The maximum absolute atomic E-state index is 12.2. The number of aromatic carboxylic acids is 1. The van der Waals surface area contributed by atoms with Crippen LogP contribution in [0.2, 0.25) is 0 Å². The maximum Gasteiger partial charge on any atom is 0.341 e. The van der Waals surface area contributed by atoms with Gasteiger partial charge in [-0.25, -0.2) is 4.79 Å². The molecule has 0 spiro atoms. The second-order valence-corrected chi connectivity index (χ2v) is 6.15. The molecule has 0 amide bonds. The molecule has 6 heteroatoms. The first kappa shape index (κ1) is 13.2. The Hall–Kier alpha value is -1.82. The minimum Gasteiger partial charge on any atom is -0.502 e.